The molecule has 0 radical (unpaired) electrons. The van der Waals surface area contributed by atoms with Crippen LogP contribution in [0.1, 0.15) is 5.56 Å². The van der Waals surface area contributed by atoms with Crippen LogP contribution in [0.3, 0.4) is 0 Å². The van der Waals surface area contributed by atoms with E-state index in [9.17, 15) is 17.6 Å². The molecule has 0 spiro atoms. The third-order valence-electron chi connectivity index (χ3n) is 4.20. The van der Waals surface area contributed by atoms with Crippen LogP contribution in [0.15, 0.2) is 53.4 Å². The summed E-state index contributed by atoms with van der Waals surface area (Å²) in [4.78, 5) is 12.4. The van der Waals surface area contributed by atoms with E-state index in [1.165, 1.54) is 12.1 Å². The van der Waals surface area contributed by atoms with E-state index >= 15 is 0 Å². The van der Waals surface area contributed by atoms with Gasteiger partial charge in [-0.1, -0.05) is 12.1 Å². The summed E-state index contributed by atoms with van der Waals surface area (Å²) in [6.45, 7) is 0.0309. The number of hydrogen-bond donors (Lipinski definition) is 2. The van der Waals surface area contributed by atoms with E-state index in [4.69, 9.17) is 9.47 Å². The fourth-order valence-corrected chi connectivity index (χ4v) is 4.20. The van der Waals surface area contributed by atoms with Crippen LogP contribution in [-0.4, -0.2) is 32.8 Å². The SMILES string of the molecule is O=C(NNC1=CCS(=O)(=O)c2ccc(F)cc21)[C@H]1COc2ccccc2O1. The van der Waals surface area contributed by atoms with Gasteiger partial charge in [0.15, 0.2) is 21.3 Å². The molecule has 0 unspecified atom stereocenters. The van der Waals surface area contributed by atoms with Gasteiger partial charge in [0.2, 0.25) is 6.10 Å². The molecule has 1 atom stereocenters. The highest BCUT2D eigenvalue weighted by Gasteiger charge is 2.29. The first-order valence-electron chi connectivity index (χ1n) is 8.11. The number of amides is 1. The third kappa shape index (κ3) is 3.33. The lowest BCUT2D eigenvalue weighted by atomic mass is 10.1. The van der Waals surface area contributed by atoms with E-state index in [0.29, 0.717) is 17.2 Å². The standard InChI is InChI=1S/C18H15FN2O5S/c19-11-5-6-17-12(9-11)13(7-8-27(17,23)24)20-21-18(22)16-10-25-14-3-1-2-4-15(14)26-16/h1-7,9,16,20H,8,10H2,(H,21,22)/t16-/m1/s1. The second kappa shape index (κ2) is 6.58. The molecule has 0 saturated carbocycles. The fourth-order valence-electron chi connectivity index (χ4n) is 2.85. The minimum atomic E-state index is -3.52. The maximum absolute atomic E-state index is 13.6. The summed E-state index contributed by atoms with van der Waals surface area (Å²) in [5.74, 6) is -0.319. The first-order chi connectivity index (χ1) is 12.9. The van der Waals surface area contributed by atoms with Crippen LogP contribution in [0.5, 0.6) is 11.5 Å². The Kier molecular flexibility index (Phi) is 4.23. The largest absolute Gasteiger partial charge is 0.485 e. The maximum atomic E-state index is 13.6. The summed E-state index contributed by atoms with van der Waals surface area (Å²) in [6, 6.07) is 10.4. The Balaban J connectivity index is 1.48. The number of sulfone groups is 1. The van der Waals surface area contributed by atoms with Crippen molar-refractivity contribution in [1.29, 1.82) is 0 Å². The van der Waals surface area contributed by atoms with E-state index in [2.05, 4.69) is 10.9 Å². The van der Waals surface area contributed by atoms with Gasteiger partial charge in [-0.05, 0) is 36.4 Å². The minimum absolute atomic E-state index is 0.00864. The van der Waals surface area contributed by atoms with Gasteiger partial charge >= 0.3 is 0 Å². The summed E-state index contributed by atoms with van der Waals surface area (Å²) in [6.07, 6.45) is 0.498. The molecule has 2 aliphatic heterocycles. The van der Waals surface area contributed by atoms with Crippen molar-refractivity contribution < 1.29 is 27.1 Å². The van der Waals surface area contributed by atoms with Crippen molar-refractivity contribution in [3.8, 4) is 11.5 Å². The van der Waals surface area contributed by atoms with Crippen molar-refractivity contribution in [3.63, 3.8) is 0 Å². The number of ether oxygens (including phenoxy) is 2. The van der Waals surface area contributed by atoms with Gasteiger partial charge in [0, 0.05) is 5.56 Å². The van der Waals surface area contributed by atoms with Crippen LogP contribution < -0.4 is 20.3 Å². The molecule has 140 valence electrons. The maximum Gasteiger partial charge on any atom is 0.282 e. The van der Waals surface area contributed by atoms with Crippen LogP contribution in [0.25, 0.3) is 5.70 Å². The van der Waals surface area contributed by atoms with E-state index in [-0.39, 0.29) is 22.8 Å². The number of carbonyl (C=O) groups excluding carboxylic acids is 1. The van der Waals surface area contributed by atoms with E-state index in [1.807, 2.05) is 0 Å². The average Bonchev–Trinajstić information content (AvgIpc) is 2.66. The van der Waals surface area contributed by atoms with Crippen LogP contribution in [-0.2, 0) is 14.6 Å². The molecule has 2 N–H and O–H groups in total. The molecule has 0 saturated heterocycles. The number of benzene rings is 2. The predicted molar refractivity (Wildman–Crippen MR) is 94.1 cm³/mol. The highest BCUT2D eigenvalue weighted by Crippen LogP contribution is 2.31. The monoisotopic (exact) mass is 390 g/mol. The zero-order valence-corrected chi connectivity index (χ0v) is 14.8. The highest BCUT2D eigenvalue weighted by molar-refractivity contribution is 7.91. The van der Waals surface area contributed by atoms with Gasteiger partial charge in [0.1, 0.15) is 12.4 Å². The van der Waals surface area contributed by atoms with Gasteiger partial charge in [0.05, 0.1) is 16.3 Å². The van der Waals surface area contributed by atoms with Crippen molar-refractivity contribution in [1.82, 2.24) is 10.9 Å². The molecular formula is C18H15FN2O5S. The number of para-hydroxylation sites is 2. The first kappa shape index (κ1) is 17.3. The van der Waals surface area contributed by atoms with E-state index in [0.717, 1.165) is 12.1 Å². The predicted octanol–water partition coefficient (Wildman–Crippen LogP) is 1.41. The molecule has 1 amide bonds. The Hall–Kier alpha value is -3.07. The van der Waals surface area contributed by atoms with Gasteiger partial charge in [0.25, 0.3) is 5.91 Å². The van der Waals surface area contributed by atoms with Gasteiger partial charge in [-0.3, -0.25) is 15.6 Å². The van der Waals surface area contributed by atoms with Crippen molar-refractivity contribution >= 4 is 21.4 Å². The van der Waals surface area contributed by atoms with Crippen LogP contribution >= 0.6 is 0 Å². The zero-order chi connectivity index (χ0) is 19.0. The van der Waals surface area contributed by atoms with Crippen molar-refractivity contribution in [2.24, 2.45) is 0 Å². The Labute approximate surface area is 154 Å². The second-order valence-corrected chi connectivity index (χ2v) is 8.02. The fraction of sp³-hybridized carbons (Fsp3) is 0.167. The smallest absolute Gasteiger partial charge is 0.282 e. The number of nitrogens with one attached hydrogen (secondary N) is 2. The number of fused-ring (bicyclic) bond motifs is 2. The number of hydrazine groups is 1. The van der Waals surface area contributed by atoms with Gasteiger partial charge in [-0.2, -0.15) is 0 Å². The van der Waals surface area contributed by atoms with Gasteiger partial charge in [-0.15, -0.1) is 0 Å². The minimum Gasteiger partial charge on any atom is -0.485 e. The lowest BCUT2D eigenvalue weighted by molar-refractivity contribution is -0.131. The number of hydrogen-bond acceptors (Lipinski definition) is 6. The van der Waals surface area contributed by atoms with Crippen LogP contribution in [0.2, 0.25) is 0 Å². The van der Waals surface area contributed by atoms with Crippen molar-refractivity contribution in [2.75, 3.05) is 12.4 Å². The molecule has 2 heterocycles. The van der Waals surface area contributed by atoms with Crippen LogP contribution in [0, 0.1) is 5.82 Å². The lowest BCUT2D eigenvalue weighted by Crippen LogP contribution is -2.48. The Bertz CT molecular complexity index is 1050. The molecule has 0 aliphatic carbocycles. The summed E-state index contributed by atoms with van der Waals surface area (Å²) in [5, 5.41) is 0. The number of halogens is 1. The summed E-state index contributed by atoms with van der Waals surface area (Å²) in [7, 11) is -3.52. The van der Waals surface area contributed by atoms with Gasteiger partial charge < -0.3 is 9.47 Å². The molecule has 2 aromatic rings. The van der Waals surface area contributed by atoms with Crippen molar-refractivity contribution in [2.45, 2.75) is 11.0 Å². The normalized spacial score (nSPS) is 19.4. The van der Waals surface area contributed by atoms with E-state index in [1.54, 1.807) is 24.3 Å². The number of rotatable bonds is 3. The summed E-state index contributed by atoms with van der Waals surface area (Å²) < 4.78 is 48.9. The number of carbonyl (C=O) groups is 1. The molecular weight excluding hydrogens is 375 g/mol. The Morgan fingerprint density at radius 2 is 1.93 bits per heavy atom. The highest BCUT2D eigenvalue weighted by atomic mass is 32.2. The topological polar surface area (TPSA) is 93.7 Å². The molecule has 0 fully saturated rings. The van der Waals surface area contributed by atoms with Crippen LogP contribution in [0.4, 0.5) is 4.39 Å². The van der Waals surface area contributed by atoms with Gasteiger partial charge in [-0.25, -0.2) is 12.8 Å². The quantitative estimate of drug-likeness (QED) is 0.608. The lowest BCUT2D eigenvalue weighted by Gasteiger charge is -2.26. The zero-order valence-electron chi connectivity index (χ0n) is 13.9. The third-order valence-corrected chi connectivity index (χ3v) is 5.83. The molecule has 7 nitrogen and oxygen atoms in total. The first-order valence-corrected chi connectivity index (χ1v) is 9.76. The summed E-state index contributed by atoms with van der Waals surface area (Å²) >= 11 is 0. The average molecular weight is 390 g/mol. The summed E-state index contributed by atoms with van der Waals surface area (Å²) in [5.41, 5.74) is 5.58. The Morgan fingerprint density at radius 1 is 1.15 bits per heavy atom. The molecule has 27 heavy (non-hydrogen) atoms. The van der Waals surface area contributed by atoms with Crippen molar-refractivity contribution in [3.05, 3.63) is 59.9 Å². The molecule has 9 heteroatoms. The molecule has 2 aliphatic rings. The second-order valence-electron chi connectivity index (χ2n) is 6.02. The Morgan fingerprint density at radius 3 is 2.74 bits per heavy atom. The van der Waals surface area contributed by atoms with E-state index < -0.39 is 27.7 Å². The molecule has 0 bridgehead atoms. The molecule has 0 aromatic heterocycles. The molecule has 2 aromatic carbocycles. The molecule has 4 rings (SSSR count).